The highest BCUT2D eigenvalue weighted by atomic mass is 16.5. The van der Waals surface area contributed by atoms with Crippen LogP contribution in [0.4, 0.5) is 5.95 Å². The monoisotopic (exact) mass is 356 g/mol. The van der Waals surface area contributed by atoms with Gasteiger partial charge in [0.25, 0.3) is 0 Å². The number of rotatable bonds is 9. The molecular formula is C19H24N4O3. The van der Waals surface area contributed by atoms with Crippen LogP contribution < -0.4 is 14.8 Å². The number of hydrogen-bond acceptors (Lipinski definition) is 6. The molecule has 2 aromatic rings. The van der Waals surface area contributed by atoms with E-state index in [-0.39, 0.29) is 5.91 Å². The lowest BCUT2D eigenvalue weighted by Gasteiger charge is -2.24. The number of hydrogen-bond donors (Lipinski definition) is 1. The Labute approximate surface area is 153 Å². The Balaban J connectivity index is 1.63. The predicted molar refractivity (Wildman–Crippen MR) is 98.3 cm³/mol. The van der Waals surface area contributed by atoms with Gasteiger partial charge < -0.3 is 19.7 Å². The zero-order chi connectivity index (χ0) is 18.4. The molecule has 0 unspecified atom stereocenters. The van der Waals surface area contributed by atoms with E-state index in [2.05, 4.69) is 15.3 Å². The lowest BCUT2D eigenvalue weighted by atomic mass is 10.1. The molecule has 1 saturated carbocycles. The highest BCUT2D eigenvalue weighted by Gasteiger charge is 2.32. The molecule has 3 rings (SSSR count). The molecule has 1 fully saturated rings. The first kappa shape index (κ1) is 18.0. The second-order valence-corrected chi connectivity index (χ2v) is 6.18. The number of nitrogens with zero attached hydrogens (tertiary/aromatic N) is 3. The molecule has 0 radical (unpaired) electrons. The number of amides is 1. The Bertz CT molecular complexity index is 735. The van der Waals surface area contributed by atoms with Crippen molar-refractivity contribution >= 4 is 11.9 Å². The molecular weight excluding hydrogens is 332 g/mol. The second kappa shape index (κ2) is 8.51. The Kier molecular flexibility index (Phi) is 5.88. The van der Waals surface area contributed by atoms with Crippen molar-refractivity contribution in [2.45, 2.75) is 31.8 Å². The minimum Gasteiger partial charge on any atom is -0.497 e. The maximum Gasteiger partial charge on any atom is 0.224 e. The van der Waals surface area contributed by atoms with Crippen LogP contribution in [0.25, 0.3) is 0 Å². The Morgan fingerprint density at radius 1 is 1.23 bits per heavy atom. The maximum atomic E-state index is 12.7. The molecule has 0 saturated heterocycles. The third kappa shape index (κ3) is 4.62. The first-order valence-electron chi connectivity index (χ1n) is 8.72. The van der Waals surface area contributed by atoms with Crippen LogP contribution in [0.3, 0.4) is 0 Å². The summed E-state index contributed by atoms with van der Waals surface area (Å²) in [5.74, 6) is 2.17. The lowest BCUT2D eigenvalue weighted by Crippen LogP contribution is -2.33. The predicted octanol–water partition coefficient (Wildman–Crippen LogP) is 2.49. The number of nitrogens with one attached hydrogen (secondary N) is 1. The minimum atomic E-state index is 0.112. The van der Waals surface area contributed by atoms with E-state index < -0.39 is 0 Å². The van der Waals surface area contributed by atoms with Crippen LogP contribution in [0.1, 0.15) is 24.8 Å². The van der Waals surface area contributed by atoms with E-state index in [0.29, 0.717) is 31.5 Å². The number of aromatic nitrogens is 2. The summed E-state index contributed by atoms with van der Waals surface area (Å²) in [4.78, 5) is 22.9. The van der Waals surface area contributed by atoms with Crippen molar-refractivity contribution in [3.05, 3.63) is 42.2 Å². The van der Waals surface area contributed by atoms with E-state index in [4.69, 9.17) is 9.47 Å². The summed E-state index contributed by atoms with van der Waals surface area (Å²) < 4.78 is 10.7. The van der Waals surface area contributed by atoms with Crippen molar-refractivity contribution in [2.75, 3.05) is 26.1 Å². The van der Waals surface area contributed by atoms with Gasteiger partial charge in [-0.25, -0.2) is 9.97 Å². The average Bonchev–Trinajstić information content (AvgIpc) is 3.51. The van der Waals surface area contributed by atoms with Crippen molar-refractivity contribution in [2.24, 2.45) is 0 Å². The molecule has 7 nitrogen and oxygen atoms in total. The first-order valence-corrected chi connectivity index (χ1v) is 8.72. The van der Waals surface area contributed by atoms with Crippen molar-refractivity contribution < 1.29 is 14.3 Å². The topological polar surface area (TPSA) is 76.6 Å². The third-order valence-corrected chi connectivity index (χ3v) is 4.32. The zero-order valence-corrected chi connectivity index (χ0v) is 15.1. The highest BCUT2D eigenvalue weighted by Crippen LogP contribution is 2.32. The lowest BCUT2D eigenvalue weighted by molar-refractivity contribution is -0.132. The average molecular weight is 356 g/mol. The van der Waals surface area contributed by atoms with E-state index >= 15 is 0 Å². The van der Waals surface area contributed by atoms with Gasteiger partial charge in [-0.15, -0.1) is 0 Å². The fourth-order valence-corrected chi connectivity index (χ4v) is 2.81. The summed E-state index contributed by atoms with van der Waals surface area (Å²) in [6.45, 7) is 1.02. The highest BCUT2D eigenvalue weighted by molar-refractivity contribution is 5.77. The van der Waals surface area contributed by atoms with Gasteiger partial charge >= 0.3 is 0 Å². The zero-order valence-electron chi connectivity index (χ0n) is 15.1. The van der Waals surface area contributed by atoms with E-state index in [1.807, 2.05) is 23.1 Å². The number of anilines is 1. The van der Waals surface area contributed by atoms with Crippen LogP contribution in [-0.4, -0.2) is 47.6 Å². The molecule has 1 aliphatic carbocycles. The summed E-state index contributed by atoms with van der Waals surface area (Å²) >= 11 is 0. The normalized spacial score (nSPS) is 13.2. The molecule has 26 heavy (non-hydrogen) atoms. The third-order valence-electron chi connectivity index (χ3n) is 4.32. The number of methoxy groups -OCH3 is 2. The molecule has 0 spiro atoms. The minimum absolute atomic E-state index is 0.112. The number of carbonyl (C=O) groups excluding carboxylic acids is 1. The van der Waals surface area contributed by atoms with Gasteiger partial charge in [0, 0.05) is 43.5 Å². The van der Waals surface area contributed by atoms with Crippen LogP contribution >= 0.6 is 0 Å². The molecule has 0 bridgehead atoms. The van der Waals surface area contributed by atoms with E-state index in [0.717, 1.165) is 29.9 Å². The molecule has 138 valence electrons. The molecule has 1 aromatic carbocycles. The van der Waals surface area contributed by atoms with Gasteiger partial charge in [-0.3, -0.25) is 4.79 Å². The standard InChI is InChI=1S/C19H24N4O3/c1-25-16-6-7-17(26-2)14(12-16)13-23(15-4-5-15)18(24)8-11-22-19-20-9-3-10-21-19/h3,6-7,9-10,12,15H,4-5,8,11,13H2,1-2H3,(H,20,21,22). The second-order valence-electron chi connectivity index (χ2n) is 6.18. The van der Waals surface area contributed by atoms with Crippen molar-refractivity contribution in [3.63, 3.8) is 0 Å². The van der Waals surface area contributed by atoms with Gasteiger partial charge in [0.2, 0.25) is 11.9 Å². The van der Waals surface area contributed by atoms with E-state index in [1.54, 1.807) is 32.7 Å². The fraction of sp³-hybridized carbons (Fsp3) is 0.421. The van der Waals surface area contributed by atoms with Crippen LogP contribution in [-0.2, 0) is 11.3 Å². The van der Waals surface area contributed by atoms with E-state index in [9.17, 15) is 4.79 Å². The van der Waals surface area contributed by atoms with Crippen LogP contribution in [0.2, 0.25) is 0 Å². The Morgan fingerprint density at radius 2 is 2.00 bits per heavy atom. The van der Waals surface area contributed by atoms with Gasteiger partial charge in [-0.2, -0.15) is 0 Å². The van der Waals surface area contributed by atoms with Crippen LogP contribution in [0.15, 0.2) is 36.7 Å². The van der Waals surface area contributed by atoms with Crippen LogP contribution in [0.5, 0.6) is 11.5 Å². The number of benzene rings is 1. The molecule has 7 heteroatoms. The molecule has 1 N–H and O–H groups in total. The summed E-state index contributed by atoms with van der Waals surface area (Å²) in [6, 6.07) is 7.73. The van der Waals surface area contributed by atoms with Crippen LogP contribution in [0, 0.1) is 0 Å². The summed E-state index contributed by atoms with van der Waals surface area (Å²) in [6.07, 6.45) is 5.83. The largest absolute Gasteiger partial charge is 0.497 e. The Hall–Kier alpha value is -2.83. The molecule has 1 aliphatic rings. The Morgan fingerprint density at radius 3 is 2.65 bits per heavy atom. The van der Waals surface area contributed by atoms with Gasteiger partial charge in [0.05, 0.1) is 14.2 Å². The van der Waals surface area contributed by atoms with Gasteiger partial charge in [-0.1, -0.05) is 0 Å². The number of ether oxygens (including phenoxy) is 2. The van der Waals surface area contributed by atoms with Gasteiger partial charge in [0.1, 0.15) is 11.5 Å². The molecule has 1 amide bonds. The van der Waals surface area contributed by atoms with Crippen molar-refractivity contribution in [3.8, 4) is 11.5 Å². The molecule has 0 aliphatic heterocycles. The fourth-order valence-electron chi connectivity index (χ4n) is 2.81. The summed E-state index contributed by atoms with van der Waals surface area (Å²) in [5, 5.41) is 3.08. The van der Waals surface area contributed by atoms with Gasteiger partial charge in [0.15, 0.2) is 0 Å². The van der Waals surface area contributed by atoms with Gasteiger partial charge in [-0.05, 0) is 37.1 Å². The van der Waals surface area contributed by atoms with E-state index in [1.165, 1.54) is 0 Å². The smallest absolute Gasteiger partial charge is 0.224 e. The SMILES string of the molecule is COc1ccc(OC)c(CN(C(=O)CCNc2ncccn2)C2CC2)c1. The number of carbonyl (C=O) groups is 1. The maximum absolute atomic E-state index is 12.7. The van der Waals surface area contributed by atoms with Crippen molar-refractivity contribution in [1.29, 1.82) is 0 Å². The summed E-state index contributed by atoms with van der Waals surface area (Å²) in [5.41, 5.74) is 0.950. The molecule has 1 heterocycles. The quantitative estimate of drug-likeness (QED) is 0.744. The van der Waals surface area contributed by atoms with Crippen molar-refractivity contribution in [1.82, 2.24) is 14.9 Å². The molecule has 1 aromatic heterocycles. The first-order chi connectivity index (χ1) is 12.7. The summed E-state index contributed by atoms with van der Waals surface area (Å²) in [7, 11) is 3.27. The molecule has 0 atom stereocenters.